The minimum absolute atomic E-state index is 0.0820. The SMILES string of the molecule is CCCCC1Cc2cc(OC)ccc2C(c2ccc(S(=O)(=O)NC3CCC3)cc2)=N1. The van der Waals surface area contributed by atoms with E-state index in [1.807, 2.05) is 18.2 Å². The Morgan fingerprint density at radius 3 is 2.53 bits per heavy atom. The lowest BCUT2D eigenvalue weighted by molar-refractivity contribution is 0.383. The average molecular weight is 427 g/mol. The predicted molar refractivity (Wildman–Crippen MR) is 120 cm³/mol. The van der Waals surface area contributed by atoms with Gasteiger partial charge in [-0.15, -0.1) is 0 Å². The summed E-state index contributed by atoms with van der Waals surface area (Å²) in [6, 6.07) is 13.6. The summed E-state index contributed by atoms with van der Waals surface area (Å²) in [5.74, 6) is 0.854. The zero-order valence-electron chi connectivity index (χ0n) is 17.7. The van der Waals surface area contributed by atoms with Crippen LogP contribution in [-0.2, 0) is 16.4 Å². The van der Waals surface area contributed by atoms with Gasteiger partial charge in [0.25, 0.3) is 0 Å². The lowest BCUT2D eigenvalue weighted by atomic mass is 9.88. The molecule has 4 rings (SSSR count). The smallest absolute Gasteiger partial charge is 0.240 e. The normalized spacial score (nSPS) is 19.0. The van der Waals surface area contributed by atoms with Gasteiger partial charge in [0, 0.05) is 17.2 Å². The highest BCUT2D eigenvalue weighted by Crippen LogP contribution is 2.29. The number of rotatable bonds is 8. The molecule has 0 saturated heterocycles. The van der Waals surface area contributed by atoms with Gasteiger partial charge in [-0.25, -0.2) is 13.1 Å². The highest BCUT2D eigenvalue weighted by atomic mass is 32.2. The second-order valence-corrected chi connectivity index (χ2v) is 9.99. The highest BCUT2D eigenvalue weighted by molar-refractivity contribution is 7.89. The number of ether oxygens (including phenoxy) is 1. The summed E-state index contributed by atoms with van der Waals surface area (Å²) in [6.45, 7) is 2.20. The first-order valence-corrected chi connectivity index (χ1v) is 12.4. The van der Waals surface area contributed by atoms with Crippen molar-refractivity contribution in [3.63, 3.8) is 0 Å². The van der Waals surface area contributed by atoms with Gasteiger partial charge in [0.15, 0.2) is 0 Å². The zero-order chi connectivity index (χ0) is 21.1. The molecule has 1 saturated carbocycles. The molecule has 1 unspecified atom stereocenters. The summed E-state index contributed by atoms with van der Waals surface area (Å²) >= 11 is 0. The molecule has 30 heavy (non-hydrogen) atoms. The Morgan fingerprint density at radius 2 is 1.90 bits per heavy atom. The molecule has 2 aromatic carbocycles. The number of nitrogens with zero attached hydrogens (tertiary/aromatic N) is 1. The van der Waals surface area contributed by atoms with Gasteiger partial charge >= 0.3 is 0 Å². The largest absolute Gasteiger partial charge is 0.497 e. The number of aliphatic imine (C=N–C) groups is 1. The van der Waals surface area contributed by atoms with Crippen molar-refractivity contribution >= 4 is 15.7 Å². The highest BCUT2D eigenvalue weighted by Gasteiger charge is 2.26. The number of unbranched alkanes of at least 4 members (excludes halogenated alkanes) is 1. The summed E-state index contributed by atoms with van der Waals surface area (Å²) in [4.78, 5) is 5.37. The quantitative estimate of drug-likeness (QED) is 0.677. The number of benzene rings is 2. The topological polar surface area (TPSA) is 67.8 Å². The molecule has 0 radical (unpaired) electrons. The Hall–Kier alpha value is -2.18. The maximum Gasteiger partial charge on any atom is 0.240 e. The first-order chi connectivity index (χ1) is 14.5. The number of hydrogen-bond donors (Lipinski definition) is 1. The van der Waals surface area contributed by atoms with Crippen LogP contribution in [0.15, 0.2) is 52.4 Å². The van der Waals surface area contributed by atoms with Crippen molar-refractivity contribution in [1.29, 1.82) is 0 Å². The molecule has 1 fully saturated rings. The van der Waals surface area contributed by atoms with Crippen molar-refractivity contribution in [2.75, 3.05) is 7.11 Å². The molecule has 0 aromatic heterocycles. The van der Waals surface area contributed by atoms with Gasteiger partial charge in [-0.3, -0.25) is 4.99 Å². The van der Waals surface area contributed by atoms with Crippen LogP contribution in [-0.4, -0.2) is 33.3 Å². The maximum atomic E-state index is 12.6. The van der Waals surface area contributed by atoms with E-state index < -0.39 is 10.0 Å². The van der Waals surface area contributed by atoms with E-state index in [0.29, 0.717) is 4.90 Å². The second kappa shape index (κ2) is 8.90. The Morgan fingerprint density at radius 1 is 1.13 bits per heavy atom. The van der Waals surface area contributed by atoms with E-state index in [-0.39, 0.29) is 12.1 Å². The lowest BCUT2D eigenvalue weighted by Gasteiger charge is -2.26. The third-order valence-corrected chi connectivity index (χ3v) is 7.63. The molecule has 2 aromatic rings. The number of hydrogen-bond acceptors (Lipinski definition) is 4. The fourth-order valence-electron chi connectivity index (χ4n) is 4.09. The van der Waals surface area contributed by atoms with Gasteiger partial charge < -0.3 is 4.74 Å². The van der Waals surface area contributed by atoms with Gasteiger partial charge in [-0.1, -0.05) is 38.3 Å². The van der Waals surface area contributed by atoms with E-state index in [1.165, 1.54) is 5.56 Å². The summed E-state index contributed by atoms with van der Waals surface area (Å²) < 4.78 is 33.4. The molecule has 1 N–H and O–H groups in total. The van der Waals surface area contributed by atoms with Crippen LogP contribution in [0.25, 0.3) is 0 Å². The molecular formula is C24H30N2O3S. The van der Waals surface area contributed by atoms with Crippen LogP contribution < -0.4 is 9.46 Å². The van der Waals surface area contributed by atoms with E-state index in [4.69, 9.17) is 9.73 Å². The van der Waals surface area contributed by atoms with Crippen LogP contribution in [0, 0.1) is 0 Å². The van der Waals surface area contributed by atoms with Crippen LogP contribution in [0.1, 0.15) is 62.1 Å². The van der Waals surface area contributed by atoms with Gasteiger partial charge in [-0.2, -0.15) is 0 Å². The Balaban J connectivity index is 1.64. The Bertz CT molecular complexity index is 1020. The maximum absolute atomic E-state index is 12.6. The molecule has 1 aliphatic heterocycles. The van der Waals surface area contributed by atoms with Gasteiger partial charge in [0.05, 0.1) is 23.8 Å². The van der Waals surface area contributed by atoms with Crippen LogP contribution in [0.2, 0.25) is 0 Å². The van der Waals surface area contributed by atoms with E-state index in [9.17, 15) is 8.42 Å². The van der Waals surface area contributed by atoms with E-state index in [0.717, 1.165) is 67.5 Å². The average Bonchev–Trinajstić information content (AvgIpc) is 2.74. The van der Waals surface area contributed by atoms with Crippen molar-refractivity contribution in [2.45, 2.75) is 68.8 Å². The molecule has 2 aliphatic rings. The van der Waals surface area contributed by atoms with Crippen molar-refractivity contribution in [3.05, 3.63) is 59.2 Å². The number of sulfonamides is 1. The van der Waals surface area contributed by atoms with E-state index in [2.05, 4.69) is 23.8 Å². The third-order valence-electron chi connectivity index (χ3n) is 6.09. The van der Waals surface area contributed by atoms with Crippen molar-refractivity contribution < 1.29 is 13.2 Å². The number of methoxy groups -OCH3 is 1. The molecule has 0 bridgehead atoms. The van der Waals surface area contributed by atoms with E-state index in [1.54, 1.807) is 19.2 Å². The molecule has 1 atom stereocenters. The van der Waals surface area contributed by atoms with Crippen LogP contribution in [0.4, 0.5) is 0 Å². The van der Waals surface area contributed by atoms with Crippen LogP contribution in [0.3, 0.4) is 0 Å². The van der Waals surface area contributed by atoms with Gasteiger partial charge in [0.1, 0.15) is 5.75 Å². The zero-order valence-corrected chi connectivity index (χ0v) is 18.5. The van der Waals surface area contributed by atoms with Crippen molar-refractivity contribution in [1.82, 2.24) is 4.72 Å². The minimum Gasteiger partial charge on any atom is -0.497 e. The summed E-state index contributed by atoms with van der Waals surface area (Å²) in [5.41, 5.74) is 4.23. The van der Waals surface area contributed by atoms with Gasteiger partial charge in [0.2, 0.25) is 10.0 Å². The van der Waals surface area contributed by atoms with Gasteiger partial charge in [-0.05, 0) is 61.6 Å². The number of nitrogens with one attached hydrogen (secondary N) is 1. The first kappa shape index (κ1) is 21.1. The molecular weight excluding hydrogens is 396 g/mol. The standard InChI is InChI=1S/C24H30N2O3S/c1-3-4-6-20-15-18-16-21(29-2)11-14-23(18)24(25-20)17-9-12-22(13-10-17)30(27,28)26-19-7-5-8-19/h9-14,16,19-20,26H,3-8,15H2,1-2H3. The molecule has 0 amide bonds. The summed E-state index contributed by atoms with van der Waals surface area (Å²) in [7, 11) is -1.78. The third kappa shape index (κ3) is 4.44. The predicted octanol–water partition coefficient (Wildman–Crippen LogP) is 4.48. The fourth-order valence-corrected chi connectivity index (χ4v) is 5.40. The molecule has 5 nitrogen and oxygen atoms in total. The van der Waals surface area contributed by atoms with E-state index >= 15 is 0 Å². The fraction of sp³-hybridized carbons (Fsp3) is 0.458. The van der Waals surface area contributed by atoms with Crippen LogP contribution >= 0.6 is 0 Å². The van der Waals surface area contributed by atoms with Crippen molar-refractivity contribution in [3.8, 4) is 5.75 Å². The van der Waals surface area contributed by atoms with Crippen LogP contribution in [0.5, 0.6) is 5.75 Å². The second-order valence-electron chi connectivity index (χ2n) is 8.27. The monoisotopic (exact) mass is 426 g/mol. The molecule has 1 heterocycles. The molecule has 160 valence electrons. The Labute approximate surface area is 179 Å². The molecule has 0 spiro atoms. The molecule has 1 aliphatic carbocycles. The number of fused-ring (bicyclic) bond motifs is 1. The minimum atomic E-state index is -3.47. The van der Waals surface area contributed by atoms with Crippen molar-refractivity contribution in [2.24, 2.45) is 4.99 Å². The first-order valence-electron chi connectivity index (χ1n) is 10.9. The lowest BCUT2D eigenvalue weighted by Crippen LogP contribution is -2.39. The summed E-state index contributed by atoms with van der Waals surface area (Å²) in [6.07, 6.45) is 7.19. The Kier molecular flexibility index (Phi) is 6.25. The summed E-state index contributed by atoms with van der Waals surface area (Å²) in [5, 5.41) is 0. The molecule has 6 heteroatoms.